The molecule has 4 nitrogen and oxygen atoms in total. The Labute approximate surface area is 168 Å². The lowest BCUT2D eigenvalue weighted by molar-refractivity contribution is -0.138. The van der Waals surface area contributed by atoms with Crippen LogP contribution in [-0.4, -0.2) is 33.4 Å². The minimum absolute atomic E-state index is 0.0561. The van der Waals surface area contributed by atoms with Crippen molar-refractivity contribution in [2.45, 2.75) is 50.1 Å². The number of benzene rings is 1. The first-order valence-corrected chi connectivity index (χ1v) is 11.3. The third-order valence-electron chi connectivity index (χ3n) is 5.58. The predicted octanol–water partition coefficient (Wildman–Crippen LogP) is 3.97. The lowest BCUT2D eigenvalue weighted by Gasteiger charge is -2.31. The third-order valence-corrected chi connectivity index (χ3v) is 8.03. The monoisotopic (exact) mass is 400 g/mol. The molecule has 1 aromatic carbocycles. The molecule has 2 aliphatic rings. The van der Waals surface area contributed by atoms with Gasteiger partial charge in [0.25, 0.3) is 0 Å². The minimum Gasteiger partial charge on any atom is -0.343 e. The Morgan fingerprint density at radius 3 is 2.78 bits per heavy atom. The van der Waals surface area contributed by atoms with Gasteiger partial charge in [-0.15, -0.1) is 23.1 Å². The molecule has 2 amide bonds. The number of aryl methyl sites for hydroxylation is 1. The van der Waals surface area contributed by atoms with Gasteiger partial charge in [-0.3, -0.25) is 9.59 Å². The Morgan fingerprint density at radius 2 is 2.11 bits per heavy atom. The Bertz CT molecular complexity index is 834. The highest BCUT2D eigenvalue weighted by molar-refractivity contribution is 8.01. The van der Waals surface area contributed by atoms with Crippen LogP contribution in [0.4, 0.5) is 0 Å². The number of hydrogen-bond acceptors (Lipinski definition) is 4. The zero-order valence-electron chi connectivity index (χ0n) is 15.6. The van der Waals surface area contributed by atoms with Crippen LogP contribution in [0.5, 0.6) is 0 Å². The second kappa shape index (κ2) is 7.32. The van der Waals surface area contributed by atoms with Crippen molar-refractivity contribution in [3.63, 3.8) is 0 Å². The summed E-state index contributed by atoms with van der Waals surface area (Å²) in [4.78, 5) is 28.2. The summed E-state index contributed by atoms with van der Waals surface area (Å²) in [5.41, 5.74) is 2.35. The van der Waals surface area contributed by atoms with Crippen molar-refractivity contribution >= 4 is 34.9 Å². The van der Waals surface area contributed by atoms with Gasteiger partial charge in [0.05, 0.1) is 10.9 Å². The molecule has 27 heavy (non-hydrogen) atoms. The maximum atomic E-state index is 13.2. The average molecular weight is 401 g/mol. The topological polar surface area (TPSA) is 49.4 Å². The van der Waals surface area contributed by atoms with E-state index in [1.54, 1.807) is 23.1 Å². The molecule has 0 aliphatic carbocycles. The van der Waals surface area contributed by atoms with Gasteiger partial charge in [0.15, 0.2) is 0 Å². The maximum absolute atomic E-state index is 13.2. The van der Waals surface area contributed by atoms with Crippen molar-refractivity contribution in [3.8, 4) is 0 Å². The normalized spacial score (nSPS) is 25.5. The average Bonchev–Trinajstić information content (AvgIpc) is 3.38. The van der Waals surface area contributed by atoms with Gasteiger partial charge in [-0.1, -0.05) is 37.3 Å². The number of rotatable bonds is 5. The second-order valence-corrected chi connectivity index (χ2v) is 9.80. The molecule has 0 bridgehead atoms. The quantitative estimate of drug-likeness (QED) is 0.826. The summed E-state index contributed by atoms with van der Waals surface area (Å²) in [6, 6.07) is 11.9. The van der Waals surface area contributed by atoms with Gasteiger partial charge in [-0.2, -0.15) is 0 Å². The molecule has 142 valence electrons. The first-order valence-electron chi connectivity index (χ1n) is 9.40. The highest BCUT2D eigenvalue weighted by Gasteiger charge is 2.53. The summed E-state index contributed by atoms with van der Waals surface area (Å²) in [5, 5.41) is 5.26. The second-order valence-electron chi connectivity index (χ2n) is 7.32. The fourth-order valence-electron chi connectivity index (χ4n) is 3.97. The molecule has 0 spiro atoms. The zero-order valence-corrected chi connectivity index (χ0v) is 17.2. The number of fused-ring (bicyclic) bond motifs is 1. The van der Waals surface area contributed by atoms with Crippen LogP contribution >= 0.6 is 23.1 Å². The van der Waals surface area contributed by atoms with E-state index in [0.29, 0.717) is 12.2 Å². The van der Waals surface area contributed by atoms with Gasteiger partial charge in [0.2, 0.25) is 11.8 Å². The highest BCUT2D eigenvalue weighted by Crippen LogP contribution is 2.47. The van der Waals surface area contributed by atoms with E-state index in [-0.39, 0.29) is 28.8 Å². The lowest BCUT2D eigenvalue weighted by atomic mass is 10.0. The number of nitrogens with zero attached hydrogens (tertiary/aromatic N) is 1. The van der Waals surface area contributed by atoms with E-state index in [0.717, 1.165) is 23.3 Å². The number of nitrogens with one attached hydrogen (secondary N) is 1. The van der Waals surface area contributed by atoms with Crippen LogP contribution in [0, 0.1) is 0 Å². The minimum atomic E-state index is -0.382. The largest absolute Gasteiger partial charge is 0.343 e. The summed E-state index contributed by atoms with van der Waals surface area (Å²) in [6.07, 6.45) is 2.36. The molecule has 0 saturated carbocycles. The van der Waals surface area contributed by atoms with Crippen LogP contribution in [0.2, 0.25) is 0 Å². The third kappa shape index (κ3) is 3.41. The molecule has 3 heterocycles. The zero-order chi connectivity index (χ0) is 19.0. The molecule has 3 atom stereocenters. The van der Waals surface area contributed by atoms with Crippen LogP contribution in [0.15, 0.2) is 41.8 Å². The number of thiophene rings is 1. The fourth-order valence-corrected chi connectivity index (χ4v) is 6.21. The SMILES string of the molecule is CCc1ccc(C(NC(=O)C2CSC3(C)CCC(=O)N23)c2cccs2)cc1. The molecule has 4 rings (SSSR count). The number of carbonyl (C=O) groups is 2. The standard InChI is InChI=1S/C21H24N2O2S2/c1-3-14-6-8-15(9-7-14)19(17-5-4-12-26-17)22-20(25)16-13-27-21(2)11-10-18(24)23(16)21/h4-9,12,16,19H,3,10-11,13H2,1-2H3,(H,22,25). The van der Waals surface area contributed by atoms with Gasteiger partial charge in [0, 0.05) is 17.1 Å². The van der Waals surface area contributed by atoms with E-state index < -0.39 is 0 Å². The molecule has 0 radical (unpaired) electrons. The molecule has 1 aromatic heterocycles. The number of carbonyl (C=O) groups excluding carboxylic acids is 2. The van der Waals surface area contributed by atoms with Crippen LogP contribution < -0.4 is 5.32 Å². The molecule has 6 heteroatoms. The van der Waals surface area contributed by atoms with Crippen molar-refractivity contribution in [2.75, 3.05) is 5.75 Å². The Hall–Kier alpha value is -1.79. The number of amides is 2. The molecule has 2 aliphatic heterocycles. The molecule has 2 fully saturated rings. The van der Waals surface area contributed by atoms with Crippen LogP contribution in [-0.2, 0) is 16.0 Å². The van der Waals surface area contributed by atoms with Crippen molar-refractivity contribution in [3.05, 3.63) is 57.8 Å². The number of hydrogen-bond donors (Lipinski definition) is 1. The summed E-state index contributed by atoms with van der Waals surface area (Å²) in [5.74, 6) is 0.710. The van der Waals surface area contributed by atoms with Gasteiger partial charge in [-0.05, 0) is 42.3 Å². The molecular weight excluding hydrogens is 376 g/mol. The first-order chi connectivity index (χ1) is 13.0. The van der Waals surface area contributed by atoms with Gasteiger partial charge >= 0.3 is 0 Å². The first kappa shape index (κ1) is 18.6. The lowest BCUT2D eigenvalue weighted by Crippen LogP contribution is -2.50. The van der Waals surface area contributed by atoms with E-state index in [4.69, 9.17) is 0 Å². The van der Waals surface area contributed by atoms with E-state index in [2.05, 4.69) is 49.5 Å². The van der Waals surface area contributed by atoms with Crippen LogP contribution in [0.1, 0.15) is 48.7 Å². The number of thioether (sulfide) groups is 1. The molecule has 1 N–H and O–H groups in total. The molecule has 3 unspecified atom stereocenters. The smallest absolute Gasteiger partial charge is 0.244 e. The van der Waals surface area contributed by atoms with Crippen LogP contribution in [0.3, 0.4) is 0 Å². The van der Waals surface area contributed by atoms with Crippen molar-refractivity contribution in [1.82, 2.24) is 10.2 Å². The summed E-state index contributed by atoms with van der Waals surface area (Å²) < 4.78 is 0. The van der Waals surface area contributed by atoms with E-state index >= 15 is 0 Å². The Balaban J connectivity index is 1.58. The van der Waals surface area contributed by atoms with E-state index in [1.807, 2.05) is 16.3 Å². The summed E-state index contributed by atoms with van der Waals surface area (Å²) in [7, 11) is 0. The Morgan fingerprint density at radius 1 is 1.33 bits per heavy atom. The van der Waals surface area contributed by atoms with E-state index in [1.165, 1.54) is 5.56 Å². The maximum Gasteiger partial charge on any atom is 0.244 e. The fraction of sp³-hybridized carbons (Fsp3) is 0.429. The summed E-state index contributed by atoms with van der Waals surface area (Å²) >= 11 is 3.37. The molecule has 2 aromatic rings. The van der Waals surface area contributed by atoms with E-state index in [9.17, 15) is 9.59 Å². The predicted molar refractivity (Wildman–Crippen MR) is 111 cm³/mol. The van der Waals surface area contributed by atoms with Crippen molar-refractivity contribution < 1.29 is 9.59 Å². The summed E-state index contributed by atoms with van der Waals surface area (Å²) in [6.45, 7) is 4.21. The highest BCUT2D eigenvalue weighted by atomic mass is 32.2. The molecule has 2 saturated heterocycles. The van der Waals surface area contributed by atoms with Crippen molar-refractivity contribution in [2.24, 2.45) is 0 Å². The molecular formula is C21H24N2O2S2. The van der Waals surface area contributed by atoms with Gasteiger partial charge in [0.1, 0.15) is 6.04 Å². The van der Waals surface area contributed by atoms with Crippen molar-refractivity contribution in [1.29, 1.82) is 0 Å². The van der Waals surface area contributed by atoms with Gasteiger partial charge < -0.3 is 10.2 Å². The Kier molecular flexibility index (Phi) is 5.03. The van der Waals surface area contributed by atoms with Gasteiger partial charge in [-0.25, -0.2) is 0 Å². The van der Waals surface area contributed by atoms with Crippen LogP contribution in [0.25, 0.3) is 0 Å².